The number of halogens is 4. The molecule has 2 atom stereocenters. The molecule has 0 aromatic carbocycles. The summed E-state index contributed by atoms with van der Waals surface area (Å²) in [5, 5.41) is 21.9. The van der Waals surface area contributed by atoms with Crippen LogP contribution in [0, 0.1) is 0 Å². The first-order chi connectivity index (χ1) is 16.0. The molecule has 0 unspecified atom stereocenters. The van der Waals surface area contributed by atoms with Gasteiger partial charge in [-0.3, -0.25) is 9.48 Å². The van der Waals surface area contributed by atoms with Crippen molar-refractivity contribution in [3.8, 4) is 0 Å². The maximum atomic E-state index is 12.7. The van der Waals surface area contributed by atoms with Gasteiger partial charge in [0, 0.05) is 25.3 Å². The molecule has 1 aliphatic carbocycles. The summed E-state index contributed by atoms with van der Waals surface area (Å²) >= 11 is 6.02. The molecule has 1 fully saturated rings. The van der Waals surface area contributed by atoms with Gasteiger partial charge >= 0.3 is 12.1 Å². The maximum absolute atomic E-state index is 12.7. The monoisotopic (exact) mass is 502 g/mol. The number of hydrogen-bond donors (Lipinski definition) is 4. The Hall–Kier alpha value is -3.39. The molecule has 0 saturated heterocycles. The molecule has 4 rings (SSSR count). The zero-order valence-electron chi connectivity index (χ0n) is 17.9. The molecule has 11 nitrogen and oxygen atoms in total. The van der Waals surface area contributed by atoms with Gasteiger partial charge in [0.05, 0.1) is 17.4 Å². The first-order valence-electron chi connectivity index (χ1n) is 10.1. The SMILES string of the molecule is Cn1cc(NC(=O)c2ccc3cnc(N[C@@H]4CCCC[C@@H]4N)nn23)c(Cl)n1.O=C(O)C(F)(F)F. The van der Waals surface area contributed by atoms with E-state index in [2.05, 4.69) is 25.8 Å². The highest BCUT2D eigenvalue weighted by molar-refractivity contribution is 6.32. The normalized spacial score (nSPS) is 18.2. The number of carboxylic acids is 1. The lowest BCUT2D eigenvalue weighted by Gasteiger charge is -2.29. The molecule has 184 valence electrons. The van der Waals surface area contributed by atoms with E-state index in [0.717, 1.165) is 31.2 Å². The maximum Gasteiger partial charge on any atom is 0.490 e. The van der Waals surface area contributed by atoms with Gasteiger partial charge in [-0.25, -0.2) is 14.3 Å². The lowest BCUT2D eigenvalue weighted by Crippen LogP contribution is -2.43. The Morgan fingerprint density at radius 2 is 1.91 bits per heavy atom. The first kappa shape index (κ1) is 25.2. The molecule has 5 N–H and O–H groups in total. The molecule has 0 aliphatic heterocycles. The second-order valence-corrected chi connectivity index (χ2v) is 7.96. The van der Waals surface area contributed by atoms with Gasteiger partial charge in [-0.2, -0.15) is 18.3 Å². The molecule has 3 aromatic heterocycles. The number of hydrogen-bond acceptors (Lipinski definition) is 7. The van der Waals surface area contributed by atoms with E-state index in [1.165, 1.54) is 4.68 Å². The summed E-state index contributed by atoms with van der Waals surface area (Å²) < 4.78 is 34.8. The minimum absolute atomic E-state index is 0.0817. The third-order valence-corrected chi connectivity index (χ3v) is 5.32. The van der Waals surface area contributed by atoms with Gasteiger partial charge < -0.3 is 21.5 Å². The number of carboxylic acid groups (broad SMARTS) is 1. The van der Waals surface area contributed by atoms with E-state index in [9.17, 15) is 18.0 Å². The zero-order valence-corrected chi connectivity index (χ0v) is 18.6. The van der Waals surface area contributed by atoms with Crippen LogP contribution in [0.4, 0.5) is 24.8 Å². The second kappa shape index (κ2) is 10.3. The number of aromatic nitrogens is 5. The molecular formula is C19H22ClF3N8O3. The summed E-state index contributed by atoms with van der Waals surface area (Å²) in [6.45, 7) is 0. The van der Waals surface area contributed by atoms with E-state index in [1.54, 1.807) is 36.1 Å². The van der Waals surface area contributed by atoms with Crippen LogP contribution in [0.25, 0.3) is 5.52 Å². The van der Waals surface area contributed by atoms with E-state index < -0.39 is 12.1 Å². The summed E-state index contributed by atoms with van der Waals surface area (Å²) in [4.78, 5) is 25.9. The van der Waals surface area contributed by atoms with Crippen LogP contribution in [0.3, 0.4) is 0 Å². The average molecular weight is 503 g/mol. The number of amides is 1. The van der Waals surface area contributed by atoms with Crippen LogP contribution in [-0.4, -0.2) is 59.6 Å². The number of nitrogens with one attached hydrogen (secondary N) is 2. The number of nitrogens with zero attached hydrogens (tertiary/aromatic N) is 5. The molecule has 1 saturated carbocycles. The number of anilines is 2. The molecule has 1 aliphatic rings. The van der Waals surface area contributed by atoms with Gasteiger partial charge in [0.1, 0.15) is 5.69 Å². The molecule has 3 heterocycles. The summed E-state index contributed by atoms with van der Waals surface area (Å²) in [6.07, 6.45) is 2.50. The van der Waals surface area contributed by atoms with Crippen molar-refractivity contribution in [2.45, 2.75) is 43.9 Å². The van der Waals surface area contributed by atoms with Crippen molar-refractivity contribution in [3.05, 3.63) is 35.4 Å². The Bertz CT molecular complexity index is 1180. The van der Waals surface area contributed by atoms with E-state index in [1.807, 2.05) is 0 Å². The molecule has 34 heavy (non-hydrogen) atoms. The van der Waals surface area contributed by atoms with Crippen LogP contribution in [0.5, 0.6) is 0 Å². The van der Waals surface area contributed by atoms with Gasteiger partial charge in [-0.05, 0) is 25.0 Å². The minimum Gasteiger partial charge on any atom is -0.475 e. The highest BCUT2D eigenvalue weighted by Crippen LogP contribution is 2.22. The van der Waals surface area contributed by atoms with Crippen molar-refractivity contribution < 1.29 is 27.9 Å². The smallest absolute Gasteiger partial charge is 0.475 e. The highest BCUT2D eigenvalue weighted by Gasteiger charge is 2.38. The highest BCUT2D eigenvalue weighted by atomic mass is 35.5. The topological polar surface area (TPSA) is 152 Å². The van der Waals surface area contributed by atoms with Crippen LogP contribution in [0.1, 0.15) is 36.2 Å². The number of nitrogens with two attached hydrogens (primary N) is 1. The minimum atomic E-state index is -5.08. The predicted octanol–water partition coefficient (Wildman–Crippen LogP) is 2.68. The van der Waals surface area contributed by atoms with Crippen molar-refractivity contribution >= 4 is 40.6 Å². The Morgan fingerprint density at radius 3 is 2.50 bits per heavy atom. The molecule has 3 aromatic rings. The van der Waals surface area contributed by atoms with Crippen LogP contribution in [0.15, 0.2) is 24.5 Å². The van der Waals surface area contributed by atoms with Crippen LogP contribution in [0.2, 0.25) is 5.15 Å². The Labute approximate surface area is 196 Å². The van der Waals surface area contributed by atoms with Crippen LogP contribution >= 0.6 is 11.6 Å². The average Bonchev–Trinajstić information content (AvgIpc) is 3.31. The quantitative estimate of drug-likeness (QED) is 0.425. The molecule has 15 heteroatoms. The summed E-state index contributed by atoms with van der Waals surface area (Å²) in [5.74, 6) is -2.63. The number of rotatable bonds is 4. The van der Waals surface area contributed by atoms with Crippen LogP contribution in [-0.2, 0) is 11.8 Å². The van der Waals surface area contributed by atoms with Crippen molar-refractivity contribution in [1.29, 1.82) is 0 Å². The van der Waals surface area contributed by atoms with Gasteiger partial charge in [0.2, 0.25) is 5.95 Å². The molecule has 1 amide bonds. The molecule has 0 spiro atoms. The molecule has 0 bridgehead atoms. The Balaban J connectivity index is 0.000000406. The summed E-state index contributed by atoms with van der Waals surface area (Å²) in [7, 11) is 1.73. The second-order valence-electron chi connectivity index (χ2n) is 7.60. The van der Waals surface area contributed by atoms with Crippen molar-refractivity contribution in [2.24, 2.45) is 12.8 Å². The number of carbonyl (C=O) groups excluding carboxylic acids is 1. The van der Waals surface area contributed by atoms with E-state index in [0.29, 0.717) is 17.3 Å². The van der Waals surface area contributed by atoms with Crippen molar-refractivity contribution in [2.75, 3.05) is 10.6 Å². The van der Waals surface area contributed by atoms with Crippen molar-refractivity contribution in [3.63, 3.8) is 0 Å². The fraction of sp³-hybridized carbons (Fsp3) is 0.421. The number of aryl methyl sites for hydroxylation is 1. The third kappa shape index (κ3) is 6.14. The van der Waals surface area contributed by atoms with Crippen molar-refractivity contribution in [1.82, 2.24) is 24.4 Å². The lowest BCUT2D eigenvalue weighted by atomic mass is 9.91. The third-order valence-electron chi connectivity index (χ3n) is 5.04. The predicted molar refractivity (Wildman–Crippen MR) is 117 cm³/mol. The van der Waals surface area contributed by atoms with Gasteiger partial charge in [0.15, 0.2) is 5.15 Å². The van der Waals surface area contributed by atoms with Crippen LogP contribution < -0.4 is 16.4 Å². The fourth-order valence-corrected chi connectivity index (χ4v) is 3.59. The van der Waals surface area contributed by atoms with Gasteiger partial charge in [0.25, 0.3) is 5.91 Å². The standard InChI is InChI=1S/C17H21ClN8O.C2HF3O2/c1-25-9-13(15(18)23-25)21-16(27)14-7-6-10-8-20-17(24-26(10)14)22-12-5-3-2-4-11(12)19;3-2(4,5)1(6)7/h6-9,11-12H,2-5,19H2,1H3,(H,21,27)(H,22,24);(H,6,7)/t11-,12+;/m0./s1. The molecule has 0 radical (unpaired) electrons. The summed E-state index contributed by atoms with van der Waals surface area (Å²) in [6, 6.07) is 3.70. The number of aliphatic carboxylic acids is 1. The van der Waals surface area contributed by atoms with Gasteiger partial charge in [-0.1, -0.05) is 24.4 Å². The zero-order chi connectivity index (χ0) is 25.0. The van der Waals surface area contributed by atoms with E-state index >= 15 is 0 Å². The van der Waals surface area contributed by atoms with E-state index in [4.69, 9.17) is 27.2 Å². The number of carbonyl (C=O) groups is 2. The largest absolute Gasteiger partial charge is 0.490 e. The number of alkyl halides is 3. The first-order valence-corrected chi connectivity index (χ1v) is 10.5. The Kier molecular flexibility index (Phi) is 7.61. The fourth-order valence-electron chi connectivity index (χ4n) is 3.38. The van der Waals surface area contributed by atoms with Gasteiger partial charge in [-0.15, -0.1) is 5.10 Å². The molecular weight excluding hydrogens is 481 g/mol. The Morgan fingerprint density at radius 1 is 1.24 bits per heavy atom. The lowest BCUT2D eigenvalue weighted by molar-refractivity contribution is -0.192. The summed E-state index contributed by atoms with van der Waals surface area (Å²) in [5.41, 5.74) is 7.73. The van der Waals surface area contributed by atoms with E-state index in [-0.39, 0.29) is 23.1 Å². The number of fused-ring (bicyclic) bond motifs is 1.